The molecular weight excluding hydrogens is 348 g/mol. The Hall–Kier alpha value is -2.62. The van der Waals surface area contributed by atoms with Crippen LogP contribution in [-0.4, -0.2) is 36.3 Å². The summed E-state index contributed by atoms with van der Waals surface area (Å²) in [7, 11) is 0. The molecule has 146 valence electrons. The first-order chi connectivity index (χ1) is 13.6. The Balaban J connectivity index is 1.49. The molecule has 2 atom stereocenters. The van der Waals surface area contributed by atoms with Crippen LogP contribution in [0.25, 0.3) is 0 Å². The maximum Gasteiger partial charge on any atom is 0.229 e. The third-order valence-electron chi connectivity index (χ3n) is 6.70. The van der Waals surface area contributed by atoms with E-state index in [1.54, 1.807) is 0 Å². The van der Waals surface area contributed by atoms with E-state index in [0.717, 1.165) is 31.5 Å². The molecule has 2 aliphatic rings. The van der Waals surface area contributed by atoms with Crippen LogP contribution in [0.3, 0.4) is 0 Å². The largest absolute Gasteiger partial charge is 0.355 e. The maximum atomic E-state index is 13.0. The van der Waals surface area contributed by atoms with Crippen LogP contribution in [0, 0.1) is 5.41 Å². The third-order valence-corrected chi connectivity index (χ3v) is 6.70. The van der Waals surface area contributed by atoms with Gasteiger partial charge >= 0.3 is 0 Å². The van der Waals surface area contributed by atoms with E-state index in [-0.39, 0.29) is 23.1 Å². The molecular formula is C24H28N2O2. The Morgan fingerprint density at radius 1 is 1.04 bits per heavy atom. The summed E-state index contributed by atoms with van der Waals surface area (Å²) in [6.07, 6.45) is 2.32. The number of amides is 2. The zero-order chi connectivity index (χ0) is 19.6. The van der Waals surface area contributed by atoms with Gasteiger partial charge in [0.2, 0.25) is 11.8 Å². The van der Waals surface area contributed by atoms with Gasteiger partial charge in [0.15, 0.2) is 0 Å². The minimum Gasteiger partial charge on any atom is -0.355 e. The Morgan fingerprint density at radius 2 is 1.64 bits per heavy atom. The number of hydrogen-bond donors (Lipinski definition) is 1. The maximum absolute atomic E-state index is 13.0. The van der Waals surface area contributed by atoms with Gasteiger partial charge in [-0.25, -0.2) is 0 Å². The smallest absolute Gasteiger partial charge is 0.229 e. The predicted octanol–water partition coefficient (Wildman–Crippen LogP) is 3.70. The molecule has 0 radical (unpaired) electrons. The molecule has 2 amide bonds. The molecule has 0 unspecified atom stereocenters. The normalized spacial score (nSPS) is 22.5. The van der Waals surface area contributed by atoms with Crippen molar-refractivity contribution < 1.29 is 9.59 Å². The van der Waals surface area contributed by atoms with Crippen molar-refractivity contribution in [3.63, 3.8) is 0 Å². The van der Waals surface area contributed by atoms with E-state index in [9.17, 15) is 9.59 Å². The fourth-order valence-electron chi connectivity index (χ4n) is 4.95. The summed E-state index contributed by atoms with van der Waals surface area (Å²) < 4.78 is 0. The van der Waals surface area contributed by atoms with E-state index < -0.39 is 0 Å². The first-order valence-corrected chi connectivity index (χ1v) is 10.2. The second-order valence-corrected chi connectivity index (χ2v) is 8.26. The molecule has 2 aromatic carbocycles. The van der Waals surface area contributed by atoms with Crippen LogP contribution in [0.5, 0.6) is 0 Å². The van der Waals surface area contributed by atoms with Gasteiger partial charge in [-0.2, -0.15) is 0 Å². The minimum absolute atomic E-state index is 0.0452. The number of carbonyl (C=O) groups is 2. The quantitative estimate of drug-likeness (QED) is 0.888. The molecule has 2 fully saturated rings. The Bertz CT molecular complexity index is 826. The average molecular weight is 377 g/mol. The van der Waals surface area contributed by atoms with E-state index in [1.807, 2.05) is 48.2 Å². The molecule has 0 aliphatic carbocycles. The Labute approximate surface area is 166 Å². The van der Waals surface area contributed by atoms with Crippen molar-refractivity contribution in [1.29, 1.82) is 0 Å². The van der Waals surface area contributed by atoms with Crippen LogP contribution < -0.4 is 5.32 Å². The number of nitrogens with zero attached hydrogens (tertiary/aromatic N) is 1. The van der Waals surface area contributed by atoms with E-state index in [1.165, 1.54) is 5.56 Å². The van der Waals surface area contributed by atoms with Crippen molar-refractivity contribution >= 4 is 11.8 Å². The molecule has 0 aromatic heterocycles. The van der Waals surface area contributed by atoms with E-state index in [0.29, 0.717) is 18.9 Å². The molecule has 1 N–H and O–H groups in total. The molecule has 0 saturated carbocycles. The SMILES string of the molecule is C[C@@H](C(=O)N1CCC2(CC1)CC(=O)NC[C@H]2c1ccccc1)c1ccccc1. The summed E-state index contributed by atoms with van der Waals surface area (Å²) >= 11 is 0. The number of benzene rings is 2. The molecule has 2 saturated heterocycles. The highest BCUT2D eigenvalue weighted by Gasteiger charge is 2.46. The minimum atomic E-state index is -0.130. The van der Waals surface area contributed by atoms with Gasteiger partial charge in [0.25, 0.3) is 0 Å². The highest BCUT2D eigenvalue weighted by molar-refractivity contribution is 5.83. The summed E-state index contributed by atoms with van der Waals surface area (Å²) in [4.78, 5) is 27.3. The number of rotatable bonds is 3. The monoisotopic (exact) mass is 376 g/mol. The first-order valence-electron chi connectivity index (χ1n) is 10.2. The van der Waals surface area contributed by atoms with Crippen LogP contribution in [0.2, 0.25) is 0 Å². The molecule has 1 spiro atoms. The number of piperidine rings is 2. The number of hydrogen-bond acceptors (Lipinski definition) is 2. The molecule has 4 heteroatoms. The lowest BCUT2D eigenvalue weighted by Crippen LogP contribution is -2.53. The molecule has 28 heavy (non-hydrogen) atoms. The molecule has 2 aliphatic heterocycles. The zero-order valence-corrected chi connectivity index (χ0v) is 16.4. The fourth-order valence-corrected chi connectivity index (χ4v) is 4.95. The van der Waals surface area contributed by atoms with Crippen LogP contribution in [0.15, 0.2) is 60.7 Å². The van der Waals surface area contributed by atoms with Gasteiger partial charge in [0.1, 0.15) is 0 Å². The highest BCUT2D eigenvalue weighted by Crippen LogP contribution is 2.48. The van der Waals surface area contributed by atoms with Crippen LogP contribution in [-0.2, 0) is 9.59 Å². The van der Waals surface area contributed by atoms with Gasteiger partial charge in [0, 0.05) is 32.0 Å². The van der Waals surface area contributed by atoms with E-state index in [4.69, 9.17) is 0 Å². The van der Waals surface area contributed by atoms with Crippen molar-refractivity contribution in [2.75, 3.05) is 19.6 Å². The summed E-state index contributed by atoms with van der Waals surface area (Å²) in [5.74, 6) is 0.521. The summed E-state index contributed by atoms with van der Waals surface area (Å²) in [5.41, 5.74) is 2.31. The topological polar surface area (TPSA) is 49.4 Å². The van der Waals surface area contributed by atoms with E-state index in [2.05, 4.69) is 29.6 Å². The zero-order valence-electron chi connectivity index (χ0n) is 16.4. The second-order valence-electron chi connectivity index (χ2n) is 8.26. The number of nitrogens with one attached hydrogen (secondary N) is 1. The third kappa shape index (κ3) is 3.56. The molecule has 0 bridgehead atoms. The van der Waals surface area contributed by atoms with Gasteiger partial charge in [-0.05, 0) is 36.3 Å². The average Bonchev–Trinajstić information content (AvgIpc) is 2.74. The van der Waals surface area contributed by atoms with E-state index >= 15 is 0 Å². The lowest BCUT2D eigenvalue weighted by molar-refractivity contribution is -0.136. The van der Waals surface area contributed by atoms with Crippen LogP contribution >= 0.6 is 0 Å². The standard InChI is InChI=1S/C24H28N2O2/c1-18(19-8-4-2-5-9-19)23(28)26-14-12-24(13-15-26)16-22(27)25-17-21(24)20-10-6-3-7-11-20/h2-11,18,21H,12-17H2,1H3,(H,25,27)/t18-,21+/m1/s1. The van der Waals surface area contributed by atoms with Crippen molar-refractivity contribution in [2.24, 2.45) is 5.41 Å². The predicted molar refractivity (Wildman–Crippen MR) is 110 cm³/mol. The van der Waals surface area contributed by atoms with Crippen molar-refractivity contribution in [3.05, 3.63) is 71.8 Å². The van der Waals surface area contributed by atoms with Crippen LogP contribution in [0.1, 0.15) is 49.1 Å². The number of carbonyl (C=O) groups excluding carboxylic acids is 2. The van der Waals surface area contributed by atoms with Gasteiger partial charge in [-0.1, -0.05) is 60.7 Å². The van der Waals surface area contributed by atoms with Crippen molar-refractivity contribution in [3.8, 4) is 0 Å². The van der Waals surface area contributed by atoms with Crippen molar-refractivity contribution in [2.45, 2.75) is 38.0 Å². The molecule has 2 aromatic rings. The van der Waals surface area contributed by atoms with Crippen LogP contribution in [0.4, 0.5) is 0 Å². The van der Waals surface area contributed by atoms with Crippen molar-refractivity contribution in [1.82, 2.24) is 10.2 Å². The van der Waals surface area contributed by atoms with Gasteiger partial charge in [-0.3, -0.25) is 9.59 Å². The van der Waals surface area contributed by atoms with Gasteiger partial charge in [-0.15, -0.1) is 0 Å². The Kier molecular flexibility index (Phi) is 5.21. The first kappa shape index (κ1) is 18.7. The number of likely N-dealkylation sites (tertiary alicyclic amines) is 1. The van der Waals surface area contributed by atoms with Gasteiger partial charge < -0.3 is 10.2 Å². The lowest BCUT2D eigenvalue weighted by atomic mass is 9.62. The molecule has 2 heterocycles. The van der Waals surface area contributed by atoms with Gasteiger partial charge in [0.05, 0.1) is 5.92 Å². The summed E-state index contributed by atoms with van der Waals surface area (Å²) in [5, 5.41) is 3.06. The lowest BCUT2D eigenvalue weighted by Gasteiger charge is -2.49. The highest BCUT2D eigenvalue weighted by atomic mass is 16.2. The second kappa shape index (κ2) is 7.78. The summed E-state index contributed by atoms with van der Waals surface area (Å²) in [6.45, 7) is 4.14. The summed E-state index contributed by atoms with van der Waals surface area (Å²) in [6, 6.07) is 20.5. The fraction of sp³-hybridized carbons (Fsp3) is 0.417. The molecule has 4 rings (SSSR count). The Morgan fingerprint density at radius 3 is 2.29 bits per heavy atom. The molecule has 4 nitrogen and oxygen atoms in total.